The highest BCUT2D eigenvalue weighted by atomic mass is 32.2. The van der Waals surface area contributed by atoms with Crippen LogP contribution in [0.2, 0.25) is 0 Å². The fourth-order valence-electron chi connectivity index (χ4n) is 1.51. The van der Waals surface area contributed by atoms with Gasteiger partial charge in [0.1, 0.15) is 0 Å². The van der Waals surface area contributed by atoms with E-state index in [0.29, 0.717) is 16.0 Å². The fourth-order valence-corrected chi connectivity index (χ4v) is 3.29. The Morgan fingerprint density at radius 2 is 2.05 bits per heavy atom. The van der Waals surface area contributed by atoms with Crippen molar-refractivity contribution in [2.45, 2.75) is 23.1 Å². The zero-order chi connectivity index (χ0) is 15.9. The first-order valence-electron chi connectivity index (χ1n) is 6.43. The van der Waals surface area contributed by atoms with Crippen LogP contribution in [-0.2, 0) is 11.3 Å². The molecular weight excluding hydrogens is 322 g/mol. The van der Waals surface area contributed by atoms with Crippen LogP contribution < -0.4 is 16.4 Å². The lowest BCUT2D eigenvalue weighted by atomic mass is 10.2. The molecule has 0 saturated heterocycles. The summed E-state index contributed by atoms with van der Waals surface area (Å²) in [6, 6.07) is 8.91. The maximum atomic E-state index is 11.9. The number of carbonyl (C=O) groups is 2. The Labute approximate surface area is 135 Å². The number of imide groups is 1. The number of rotatable bonds is 5. The molecule has 0 fully saturated rings. The van der Waals surface area contributed by atoms with Gasteiger partial charge in [-0.1, -0.05) is 53.4 Å². The topological polar surface area (TPSA) is 110 Å². The SMILES string of the molecule is C[C@H](Sc1nnc(N)s1)C(=O)NC(=O)NCc1ccccc1. The summed E-state index contributed by atoms with van der Waals surface area (Å²) in [6.45, 7) is 2.04. The molecule has 0 aliphatic carbocycles. The van der Waals surface area contributed by atoms with Crippen molar-refractivity contribution in [3.63, 3.8) is 0 Å². The molecule has 1 atom stereocenters. The van der Waals surface area contributed by atoms with E-state index in [-0.39, 0.29) is 0 Å². The highest BCUT2D eigenvalue weighted by Crippen LogP contribution is 2.27. The standard InChI is InChI=1S/C13H15N5O2S2/c1-8(21-13-18-17-11(14)22-13)10(19)16-12(20)15-7-9-5-3-2-4-6-9/h2-6,8H,7H2,1H3,(H2,14,17)(H2,15,16,19,20)/t8-/m0/s1. The summed E-state index contributed by atoms with van der Waals surface area (Å²) < 4.78 is 0.588. The normalized spacial score (nSPS) is 11.7. The van der Waals surface area contributed by atoms with Crippen LogP contribution in [0.3, 0.4) is 0 Å². The maximum Gasteiger partial charge on any atom is 0.321 e. The number of nitrogens with zero attached hydrogens (tertiary/aromatic N) is 2. The van der Waals surface area contributed by atoms with E-state index < -0.39 is 17.2 Å². The van der Waals surface area contributed by atoms with Crippen LogP contribution in [0.5, 0.6) is 0 Å². The van der Waals surface area contributed by atoms with Crippen molar-refractivity contribution in [1.82, 2.24) is 20.8 Å². The van der Waals surface area contributed by atoms with Crippen LogP contribution in [0.4, 0.5) is 9.93 Å². The van der Waals surface area contributed by atoms with Crippen LogP contribution in [0.1, 0.15) is 12.5 Å². The first kappa shape index (κ1) is 16.2. The number of nitrogens with two attached hydrogens (primary N) is 1. The van der Waals surface area contributed by atoms with Crippen molar-refractivity contribution in [3.8, 4) is 0 Å². The van der Waals surface area contributed by atoms with E-state index >= 15 is 0 Å². The van der Waals surface area contributed by atoms with Gasteiger partial charge in [0.15, 0.2) is 4.34 Å². The number of anilines is 1. The van der Waals surface area contributed by atoms with Crippen molar-refractivity contribution < 1.29 is 9.59 Å². The van der Waals surface area contributed by atoms with E-state index in [1.54, 1.807) is 6.92 Å². The van der Waals surface area contributed by atoms with Gasteiger partial charge in [-0.3, -0.25) is 10.1 Å². The molecule has 0 aliphatic rings. The van der Waals surface area contributed by atoms with Gasteiger partial charge in [0.25, 0.3) is 0 Å². The van der Waals surface area contributed by atoms with Gasteiger partial charge in [-0.05, 0) is 12.5 Å². The second kappa shape index (κ2) is 7.76. The first-order chi connectivity index (χ1) is 10.5. The number of nitrogen functional groups attached to an aromatic ring is 1. The lowest BCUT2D eigenvalue weighted by molar-refractivity contribution is -0.119. The van der Waals surface area contributed by atoms with Crippen LogP contribution in [0.25, 0.3) is 0 Å². The van der Waals surface area contributed by atoms with Gasteiger partial charge < -0.3 is 11.1 Å². The Kier molecular flexibility index (Phi) is 5.73. The fraction of sp³-hybridized carbons (Fsp3) is 0.231. The molecule has 2 rings (SSSR count). The molecule has 1 heterocycles. The summed E-state index contributed by atoms with van der Waals surface area (Å²) in [6.07, 6.45) is 0. The van der Waals surface area contributed by atoms with Gasteiger partial charge in [-0.25, -0.2) is 4.79 Å². The van der Waals surface area contributed by atoms with Gasteiger partial charge in [0, 0.05) is 6.54 Å². The van der Waals surface area contributed by atoms with Crippen LogP contribution in [0.15, 0.2) is 34.7 Å². The monoisotopic (exact) mass is 337 g/mol. The van der Waals surface area contributed by atoms with Gasteiger partial charge in [-0.15, -0.1) is 10.2 Å². The second-order valence-corrected chi connectivity index (χ2v) is 6.92. The quantitative estimate of drug-likeness (QED) is 0.715. The highest BCUT2D eigenvalue weighted by Gasteiger charge is 2.18. The van der Waals surface area contributed by atoms with Crippen LogP contribution >= 0.6 is 23.1 Å². The van der Waals surface area contributed by atoms with E-state index in [1.807, 2.05) is 30.3 Å². The second-order valence-electron chi connectivity index (χ2n) is 4.32. The van der Waals surface area contributed by atoms with Crippen molar-refractivity contribution in [2.75, 3.05) is 5.73 Å². The number of urea groups is 1. The number of aromatic nitrogens is 2. The third-order valence-electron chi connectivity index (χ3n) is 2.60. The van der Waals surface area contributed by atoms with Crippen LogP contribution in [0, 0.1) is 0 Å². The van der Waals surface area contributed by atoms with Crippen molar-refractivity contribution in [2.24, 2.45) is 0 Å². The molecule has 9 heteroatoms. The molecule has 0 unspecified atom stereocenters. The summed E-state index contributed by atoms with van der Waals surface area (Å²) in [7, 11) is 0. The van der Waals surface area contributed by atoms with Gasteiger partial charge >= 0.3 is 6.03 Å². The molecule has 0 spiro atoms. The van der Waals surface area contributed by atoms with Gasteiger partial charge in [0.05, 0.1) is 5.25 Å². The van der Waals surface area contributed by atoms with E-state index in [1.165, 1.54) is 23.1 Å². The number of nitrogens with one attached hydrogen (secondary N) is 2. The number of amides is 3. The van der Waals surface area contributed by atoms with E-state index in [0.717, 1.165) is 5.56 Å². The lowest BCUT2D eigenvalue weighted by Crippen LogP contribution is -2.42. The van der Waals surface area contributed by atoms with Gasteiger partial charge in [-0.2, -0.15) is 0 Å². The molecule has 0 saturated carbocycles. The maximum absolute atomic E-state index is 11.9. The molecule has 1 aromatic carbocycles. The zero-order valence-electron chi connectivity index (χ0n) is 11.8. The third kappa shape index (κ3) is 5.01. The number of hydrogen-bond acceptors (Lipinski definition) is 7. The third-order valence-corrected chi connectivity index (χ3v) is 4.54. The van der Waals surface area contributed by atoms with Gasteiger partial charge in [0.2, 0.25) is 11.0 Å². The minimum atomic E-state index is -0.530. The number of hydrogen-bond donors (Lipinski definition) is 3. The van der Waals surface area contributed by atoms with E-state index in [4.69, 9.17) is 5.73 Å². The van der Waals surface area contributed by atoms with E-state index in [9.17, 15) is 9.59 Å². The Balaban J connectivity index is 1.76. The molecule has 1 aromatic heterocycles. The minimum Gasteiger partial charge on any atom is -0.374 e. The minimum absolute atomic E-state index is 0.343. The predicted molar refractivity (Wildman–Crippen MR) is 86.5 cm³/mol. The summed E-state index contributed by atoms with van der Waals surface area (Å²) in [5.41, 5.74) is 6.43. The molecule has 0 bridgehead atoms. The molecule has 0 aliphatic heterocycles. The smallest absolute Gasteiger partial charge is 0.321 e. The summed E-state index contributed by atoms with van der Waals surface area (Å²) in [5, 5.41) is 12.3. The Morgan fingerprint density at radius 1 is 1.32 bits per heavy atom. The summed E-state index contributed by atoms with van der Waals surface area (Å²) in [4.78, 5) is 23.6. The largest absolute Gasteiger partial charge is 0.374 e. The van der Waals surface area contributed by atoms with Crippen LogP contribution in [-0.4, -0.2) is 27.4 Å². The Bertz CT molecular complexity index is 647. The molecule has 4 N–H and O–H groups in total. The first-order valence-corrected chi connectivity index (χ1v) is 8.12. The number of thioether (sulfide) groups is 1. The Morgan fingerprint density at radius 3 is 2.68 bits per heavy atom. The highest BCUT2D eigenvalue weighted by molar-refractivity contribution is 8.02. The molecule has 116 valence electrons. The average Bonchev–Trinajstić information content (AvgIpc) is 2.91. The molecular formula is C13H15N5O2S2. The summed E-state index contributed by atoms with van der Waals surface area (Å²) in [5.74, 6) is -0.399. The van der Waals surface area contributed by atoms with Crippen molar-refractivity contribution >= 4 is 40.2 Å². The van der Waals surface area contributed by atoms with E-state index in [2.05, 4.69) is 20.8 Å². The van der Waals surface area contributed by atoms with Crippen molar-refractivity contribution in [1.29, 1.82) is 0 Å². The molecule has 2 aromatic rings. The molecule has 3 amide bonds. The number of benzene rings is 1. The molecule has 22 heavy (non-hydrogen) atoms. The Hall–Kier alpha value is -2.13. The average molecular weight is 337 g/mol. The zero-order valence-corrected chi connectivity index (χ0v) is 13.4. The molecule has 7 nitrogen and oxygen atoms in total. The predicted octanol–water partition coefficient (Wildman–Crippen LogP) is 1.63. The lowest BCUT2D eigenvalue weighted by Gasteiger charge is -2.10. The number of carbonyl (C=O) groups excluding carboxylic acids is 2. The molecule has 0 radical (unpaired) electrons. The van der Waals surface area contributed by atoms with Crippen molar-refractivity contribution in [3.05, 3.63) is 35.9 Å². The summed E-state index contributed by atoms with van der Waals surface area (Å²) >= 11 is 2.40.